The maximum absolute atomic E-state index is 13.2. The second-order valence-electron chi connectivity index (χ2n) is 36.8. The highest BCUT2D eigenvalue weighted by atomic mass is 32.2. The molecule has 0 saturated carbocycles. The summed E-state index contributed by atoms with van der Waals surface area (Å²) in [5, 5.41) is 9.40. The number of likely N-dealkylation sites (N-methyl/N-ethyl adjacent to an activating group) is 2. The van der Waals surface area contributed by atoms with Gasteiger partial charge in [0.25, 0.3) is 43.9 Å². The smallest absolute Gasteiger partial charge is 0.333 e. The van der Waals surface area contributed by atoms with E-state index in [0.29, 0.717) is 105 Å². The van der Waals surface area contributed by atoms with Crippen molar-refractivity contribution in [2.24, 2.45) is 5.73 Å². The van der Waals surface area contributed by atoms with Crippen molar-refractivity contribution >= 4 is 102 Å². The van der Waals surface area contributed by atoms with E-state index in [1.807, 2.05) is 130 Å². The first kappa shape index (κ1) is 105. The summed E-state index contributed by atoms with van der Waals surface area (Å²) < 4.78 is 84.5. The number of nitrogen functional groups attached to an aromatic ring is 2. The Morgan fingerprint density at radius 3 is 1.25 bits per heavy atom. The number of aryl methyl sites for hydroxylation is 2. The van der Waals surface area contributed by atoms with Crippen LogP contribution in [0.3, 0.4) is 0 Å². The van der Waals surface area contributed by atoms with Gasteiger partial charge in [0, 0.05) is 157 Å². The molecule has 10 aromatic rings. The standard InChI is InChI=1S/C53H59N7O6S.C37H43N3O7S.C20H21N5O2/c1-7-59-44-26-16-36(3)31-42(44)52(4,5)46(59)13-10-9-11-14-47-53(6,43-32-41(67(63,64)65)25-27-45(43)60(47)8-2)29-12-15-49(61)56-33-38-21-23-40(24-22-38)50(62)57-34-37-17-19-39(20-18-37)35-66-51-55-30-28-48(54)58-51;1-7-38-29-18-16-25(3)23-27(29)36(4,5)31(38)13-10-9-11-14-32-37(6,22-12-15-35(43)47-40-33(41)20-21-34(40)42)28-24-26(48(44,45)46)17-19-30(28)39(32)8-2;21-11-14-5-7-17(8-6-14)19(26)24-12-15-1-3-16(4-2-15)13-27-20-23-10-9-18(22)25-20/h9-11,13-14,16-28,30-32H,7-8,12,15,29,33-35H2,1-6H3,(H4-,54,55,56,57,58,61,62,63,64,65);9-11,13-14,16-19,23-24H,7-8,12,15,20-22H2,1-6H3;1-10H,11-13,21H2,(H,24,26)(H2,22,23,25)/p+2. The molecular formula is C110H125N15O15S2+2. The largest absolute Gasteiger partial charge is 0.459 e. The van der Waals surface area contributed by atoms with Crippen molar-refractivity contribution in [2.45, 2.75) is 205 Å². The minimum atomic E-state index is -4.46. The Balaban J connectivity index is 0.000000196. The van der Waals surface area contributed by atoms with Gasteiger partial charge < -0.3 is 57.3 Å². The minimum absolute atomic E-state index is 0.0160. The molecule has 5 aliphatic heterocycles. The Kier molecular flexibility index (Phi) is 33.7. The van der Waals surface area contributed by atoms with Gasteiger partial charge >= 0.3 is 18.0 Å². The molecule has 7 heterocycles. The van der Waals surface area contributed by atoms with Crippen LogP contribution in [0.2, 0.25) is 0 Å². The van der Waals surface area contributed by atoms with E-state index in [1.165, 1.54) is 69.4 Å². The molecular weight excluding hydrogens is 1840 g/mol. The van der Waals surface area contributed by atoms with Gasteiger partial charge in [-0.15, -0.1) is 5.06 Å². The van der Waals surface area contributed by atoms with E-state index in [-0.39, 0.29) is 82.7 Å². The van der Waals surface area contributed by atoms with Crippen LogP contribution >= 0.6 is 0 Å². The van der Waals surface area contributed by atoms with Crippen molar-refractivity contribution in [1.82, 2.24) is 40.9 Å². The average Bonchev–Trinajstić information content (AvgIpc) is 1.60. The summed E-state index contributed by atoms with van der Waals surface area (Å²) in [6.07, 6.45) is 25.6. The van der Waals surface area contributed by atoms with Gasteiger partial charge in [-0.25, -0.2) is 14.8 Å². The molecule has 8 aromatic carbocycles. The molecule has 5 aliphatic rings. The Morgan fingerprint density at radius 2 is 0.859 bits per heavy atom. The lowest BCUT2D eigenvalue weighted by molar-refractivity contribution is -0.433. The van der Waals surface area contributed by atoms with Crippen molar-refractivity contribution in [3.8, 4) is 12.0 Å². The number of allylic oxidation sites excluding steroid dienone is 12. The summed E-state index contributed by atoms with van der Waals surface area (Å²) in [4.78, 5) is 99.8. The molecule has 1 fully saturated rings. The molecule has 30 nitrogen and oxygen atoms in total. The van der Waals surface area contributed by atoms with E-state index < -0.39 is 48.8 Å². The van der Waals surface area contributed by atoms with Gasteiger partial charge in [0.15, 0.2) is 11.4 Å². The van der Waals surface area contributed by atoms with E-state index in [9.17, 15) is 54.7 Å². The lowest BCUT2D eigenvalue weighted by atomic mass is 9.77. The number of nitrogens with two attached hydrogens (primary N) is 3. The van der Waals surface area contributed by atoms with E-state index in [1.54, 1.807) is 60.8 Å². The van der Waals surface area contributed by atoms with Crippen LogP contribution in [0.4, 0.5) is 34.4 Å². The molecule has 142 heavy (non-hydrogen) atoms. The number of hydrogen-bond acceptors (Lipinski definition) is 22. The first-order valence-corrected chi connectivity index (χ1v) is 50.4. The molecule has 11 N–H and O–H groups in total. The number of fused-ring (bicyclic) bond motifs is 4. The number of nitrogens with zero attached hydrogens (tertiary/aromatic N) is 9. The Labute approximate surface area is 830 Å². The Bertz CT molecular complexity index is 6900. The van der Waals surface area contributed by atoms with Gasteiger partial charge in [0.1, 0.15) is 37.9 Å². The number of amides is 5. The Hall–Kier alpha value is -14.7. The second kappa shape index (κ2) is 45.7. The third kappa shape index (κ3) is 24.8. The summed E-state index contributed by atoms with van der Waals surface area (Å²) in [7, 11) is -8.91. The van der Waals surface area contributed by atoms with E-state index >= 15 is 0 Å². The number of carbonyl (C=O) groups excluding carboxylic acids is 6. The fraction of sp³-hybridized carbons (Fsp3) is 0.309. The van der Waals surface area contributed by atoms with Crippen LogP contribution in [-0.4, -0.2) is 133 Å². The molecule has 0 spiro atoms. The zero-order valence-corrected chi connectivity index (χ0v) is 83.9. The summed E-state index contributed by atoms with van der Waals surface area (Å²) in [6.45, 7) is 30.7. The molecule has 0 aliphatic carbocycles. The van der Waals surface area contributed by atoms with E-state index in [0.717, 1.165) is 74.8 Å². The van der Waals surface area contributed by atoms with Gasteiger partial charge in [-0.2, -0.15) is 36.0 Å². The van der Waals surface area contributed by atoms with Gasteiger partial charge in [-0.1, -0.05) is 133 Å². The highest BCUT2D eigenvalue weighted by Gasteiger charge is 2.48. The number of anilines is 4. The van der Waals surface area contributed by atoms with E-state index in [2.05, 4.69) is 178 Å². The molecule has 32 heteroatoms. The number of aromatic nitrogens is 4. The summed E-state index contributed by atoms with van der Waals surface area (Å²) in [5.74, 6) is -1.53. The number of ether oxygens (including phenoxy) is 2. The van der Waals surface area contributed by atoms with E-state index in [4.69, 9.17) is 31.5 Å². The second-order valence-corrected chi connectivity index (χ2v) is 39.7. The number of imide groups is 1. The molecule has 1 saturated heterocycles. The van der Waals surface area contributed by atoms with Crippen LogP contribution in [0.15, 0.2) is 276 Å². The number of carbonyl (C=O) groups is 6. The Morgan fingerprint density at radius 1 is 0.472 bits per heavy atom. The van der Waals surface area contributed by atoms with Crippen molar-refractivity contribution in [3.63, 3.8) is 0 Å². The van der Waals surface area contributed by atoms with Crippen molar-refractivity contribution < 1.29 is 78.2 Å². The fourth-order valence-electron chi connectivity index (χ4n) is 18.6. The molecule has 5 amide bonds. The van der Waals surface area contributed by atoms with Gasteiger partial charge in [0.2, 0.25) is 17.3 Å². The molecule has 2 aromatic heterocycles. The average molecular weight is 1960 g/mol. The predicted octanol–water partition coefficient (Wildman–Crippen LogP) is 17.0. The quantitative estimate of drug-likeness (QED) is 0.00782. The fourth-order valence-corrected chi connectivity index (χ4v) is 19.6. The first-order valence-electron chi connectivity index (χ1n) is 47.6. The topological polar surface area (TPSA) is 420 Å². The third-order valence-corrected chi connectivity index (χ3v) is 28.0. The maximum Gasteiger partial charge on any atom is 0.333 e. The monoisotopic (exact) mass is 1960 g/mol. The van der Waals surface area contributed by atoms with Crippen LogP contribution < -0.4 is 52.4 Å². The van der Waals surface area contributed by atoms with Crippen LogP contribution in [0.5, 0.6) is 12.0 Å². The first-order chi connectivity index (χ1) is 67.8. The molecule has 740 valence electrons. The summed E-state index contributed by atoms with van der Waals surface area (Å²) in [6, 6.07) is 56.0. The van der Waals surface area contributed by atoms with Crippen LogP contribution in [0.25, 0.3) is 0 Å². The zero-order chi connectivity index (χ0) is 102. The lowest BCUT2D eigenvalue weighted by Gasteiger charge is -2.30. The number of hydrogen-bond donors (Lipinski definition) is 8. The molecule has 0 bridgehead atoms. The van der Waals surface area contributed by atoms with Crippen LogP contribution in [0.1, 0.15) is 208 Å². The van der Waals surface area contributed by atoms with Crippen molar-refractivity contribution in [1.29, 1.82) is 0 Å². The summed E-state index contributed by atoms with van der Waals surface area (Å²) in [5.41, 5.74) is 36.9. The lowest BCUT2D eigenvalue weighted by Crippen LogP contribution is -2.32. The molecule has 2 unspecified atom stereocenters. The number of nitrogens with one attached hydrogen (secondary N) is 3. The molecule has 0 radical (unpaired) electrons. The van der Waals surface area contributed by atoms with Gasteiger partial charge in [-0.05, 0) is 250 Å². The highest BCUT2D eigenvalue weighted by Crippen LogP contribution is 2.54. The predicted molar refractivity (Wildman–Crippen MR) is 550 cm³/mol. The van der Waals surface area contributed by atoms with Crippen LogP contribution in [-0.2, 0) is 105 Å². The van der Waals surface area contributed by atoms with Gasteiger partial charge in [0.05, 0.1) is 20.6 Å². The third-order valence-electron chi connectivity index (χ3n) is 26.3. The molecule has 15 rings (SSSR count). The number of benzene rings is 8. The van der Waals surface area contributed by atoms with Gasteiger partial charge in [-0.3, -0.25) is 33.1 Å². The SMILES string of the molecule is CCN1/C(=C/C=C/C=C/C2=[N+](CC)c3ccc(C)cc3C2(C)C)C(C)(CCCC(=O)NCc2ccc(C(=O)NCc3ccc(COc4nccc(N)n4)cc3)cc2)c2cc(S(=O)(=O)O)ccc21.CCN1/C(=C/C=C/C=C/C2=[N+](CC)c3ccc(C)cc3C2(C)C)C(C)(CCCC(=O)ON2C(=O)CCC2=O)c2cc(S(=O)(=O)O)ccc21.NCc1ccc(C(=O)NCc2ccc(COc3nccc(N)n3)cc2)cc1. The maximum atomic E-state index is 13.2. The minimum Gasteiger partial charge on any atom is -0.459 e. The number of hydroxylamine groups is 2. The zero-order valence-electron chi connectivity index (χ0n) is 82.3. The molecule has 2 atom stereocenters. The highest BCUT2D eigenvalue weighted by molar-refractivity contribution is 7.86. The van der Waals surface area contributed by atoms with Crippen LogP contribution in [0, 0.1) is 13.8 Å². The summed E-state index contributed by atoms with van der Waals surface area (Å²) >= 11 is 0. The van der Waals surface area contributed by atoms with Crippen molar-refractivity contribution in [2.75, 3.05) is 47.4 Å². The number of rotatable bonds is 36. The normalized spacial score (nSPS) is 17.2. The van der Waals surface area contributed by atoms with Crippen molar-refractivity contribution in [3.05, 3.63) is 344 Å².